The van der Waals surface area contributed by atoms with Gasteiger partial charge in [0.2, 0.25) is 0 Å². The number of benzene rings is 1. The molecule has 1 heterocycles. The van der Waals surface area contributed by atoms with Gasteiger partial charge in [0.1, 0.15) is 0 Å². The van der Waals surface area contributed by atoms with Crippen molar-refractivity contribution < 1.29 is 14.3 Å². The number of ether oxygens (including phenoxy) is 1. The predicted octanol–water partition coefficient (Wildman–Crippen LogP) is 1.22. The fraction of sp³-hybridized carbons (Fsp3) is 0.273. The van der Waals surface area contributed by atoms with Crippen molar-refractivity contribution in [3.63, 3.8) is 0 Å². The van der Waals surface area contributed by atoms with Gasteiger partial charge in [-0.2, -0.15) is 0 Å². The van der Waals surface area contributed by atoms with Crippen LogP contribution in [-0.2, 0) is 4.74 Å². The van der Waals surface area contributed by atoms with E-state index in [-0.39, 0.29) is 11.6 Å². The molecule has 70 valence electrons. The highest BCUT2D eigenvalue weighted by molar-refractivity contribution is 6.22. The Hall–Kier alpha value is -1.48. The molecule has 1 fully saturated rings. The Morgan fingerprint density at radius 2 is 1.86 bits per heavy atom. The van der Waals surface area contributed by atoms with Gasteiger partial charge in [-0.05, 0) is 6.92 Å². The second-order valence-corrected chi connectivity index (χ2v) is 3.84. The van der Waals surface area contributed by atoms with Crippen LogP contribution in [0.25, 0.3) is 0 Å². The first kappa shape index (κ1) is 7.88. The largest absolute Gasteiger partial charge is 0.349 e. The van der Waals surface area contributed by atoms with Crippen LogP contribution in [0.4, 0.5) is 0 Å². The molecule has 1 aromatic carbocycles. The van der Waals surface area contributed by atoms with Crippen LogP contribution in [-0.4, -0.2) is 23.3 Å². The molecule has 2 atom stereocenters. The van der Waals surface area contributed by atoms with Gasteiger partial charge in [-0.15, -0.1) is 0 Å². The highest BCUT2D eigenvalue weighted by atomic mass is 16.6. The van der Waals surface area contributed by atoms with Crippen LogP contribution in [0.5, 0.6) is 0 Å². The molecule has 1 aliphatic heterocycles. The molecule has 0 spiro atoms. The first-order valence-corrected chi connectivity index (χ1v) is 4.50. The molecule has 0 saturated carbocycles. The Balaban J connectivity index is 2.27. The topological polar surface area (TPSA) is 46.7 Å². The van der Waals surface area contributed by atoms with E-state index in [9.17, 15) is 9.59 Å². The summed E-state index contributed by atoms with van der Waals surface area (Å²) in [6.45, 7) is 1.67. The van der Waals surface area contributed by atoms with Gasteiger partial charge in [0, 0.05) is 11.1 Å². The van der Waals surface area contributed by atoms with E-state index in [2.05, 4.69) is 0 Å². The van der Waals surface area contributed by atoms with Crippen LogP contribution in [0.15, 0.2) is 24.3 Å². The molecule has 0 radical (unpaired) electrons. The highest BCUT2D eigenvalue weighted by Gasteiger charge is 2.65. The summed E-state index contributed by atoms with van der Waals surface area (Å²) < 4.78 is 5.17. The third kappa shape index (κ3) is 0.715. The number of rotatable bonds is 0. The molecule has 1 aliphatic carbocycles. The van der Waals surface area contributed by atoms with E-state index in [1.807, 2.05) is 0 Å². The first-order chi connectivity index (χ1) is 6.64. The Bertz CT molecular complexity index is 463. The second kappa shape index (κ2) is 2.12. The number of carbonyl (C=O) groups excluding carboxylic acids is 2. The Morgan fingerprint density at radius 3 is 2.57 bits per heavy atom. The number of hydrogen-bond acceptors (Lipinski definition) is 3. The molecule has 2 aliphatic rings. The maximum absolute atomic E-state index is 11.8. The van der Waals surface area contributed by atoms with E-state index in [4.69, 9.17) is 4.74 Å². The minimum atomic E-state index is -0.870. The van der Waals surface area contributed by atoms with Crippen LogP contribution in [0, 0.1) is 0 Å². The van der Waals surface area contributed by atoms with E-state index in [1.54, 1.807) is 31.2 Å². The molecule has 0 unspecified atom stereocenters. The summed E-state index contributed by atoms with van der Waals surface area (Å²) in [5.41, 5.74) is 0.122. The van der Waals surface area contributed by atoms with Crippen LogP contribution in [0.3, 0.4) is 0 Å². The van der Waals surface area contributed by atoms with Gasteiger partial charge in [0.25, 0.3) is 0 Å². The SMILES string of the molecule is C[C@]12O[C@@H]1C(=O)c1ccccc1C2=O. The summed E-state index contributed by atoms with van der Waals surface area (Å²) >= 11 is 0. The number of fused-ring (bicyclic) bond motifs is 2. The van der Waals surface area contributed by atoms with Crippen molar-refractivity contribution in [2.24, 2.45) is 0 Å². The van der Waals surface area contributed by atoms with Gasteiger partial charge in [-0.25, -0.2) is 0 Å². The normalized spacial score (nSPS) is 33.6. The standard InChI is InChI=1S/C11H8O3/c1-11-9(13)7-5-3-2-4-6(7)8(12)10(11)14-11/h2-5,10H,1H3/t10-,11-/m1/s1. The Morgan fingerprint density at radius 1 is 1.21 bits per heavy atom. The van der Waals surface area contributed by atoms with E-state index in [0.717, 1.165) is 0 Å². The minimum absolute atomic E-state index is 0.0669. The summed E-state index contributed by atoms with van der Waals surface area (Å²) in [5, 5.41) is 0. The van der Waals surface area contributed by atoms with Gasteiger partial charge >= 0.3 is 0 Å². The van der Waals surface area contributed by atoms with Crippen molar-refractivity contribution in [3.8, 4) is 0 Å². The van der Waals surface area contributed by atoms with Gasteiger partial charge in [-0.1, -0.05) is 24.3 Å². The van der Waals surface area contributed by atoms with Crippen LogP contribution in [0.2, 0.25) is 0 Å². The number of carbonyl (C=O) groups is 2. The minimum Gasteiger partial charge on any atom is -0.349 e. The number of ketones is 2. The van der Waals surface area contributed by atoms with E-state index in [0.29, 0.717) is 11.1 Å². The molecule has 1 saturated heterocycles. The van der Waals surface area contributed by atoms with Crippen LogP contribution >= 0.6 is 0 Å². The average molecular weight is 188 g/mol. The van der Waals surface area contributed by atoms with Crippen molar-refractivity contribution in [2.45, 2.75) is 18.6 Å². The molecule has 14 heavy (non-hydrogen) atoms. The smallest absolute Gasteiger partial charge is 0.198 e. The summed E-state index contributed by atoms with van der Waals surface area (Å²) in [6.07, 6.45) is -0.537. The summed E-state index contributed by atoms with van der Waals surface area (Å²) in [4.78, 5) is 23.6. The zero-order valence-electron chi connectivity index (χ0n) is 7.61. The molecule has 0 amide bonds. The van der Waals surface area contributed by atoms with Gasteiger partial charge in [0.15, 0.2) is 23.3 Å². The van der Waals surface area contributed by atoms with Crippen LogP contribution in [0.1, 0.15) is 27.6 Å². The van der Waals surface area contributed by atoms with E-state index >= 15 is 0 Å². The van der Waals surface area contributed by atoms with Gasteiger partial charge in [-0.3, -0.25) is 9.59 Å². The molecule has 0 aromatic heterocycles. The van der Waals surface area contributed by atoms with E-state index in [1.165, 1.54) is 0 Å². The van der Waals surface area contributed by atoms with Crippen molar-refractivity contribution in [3.05, 3.63) is 35.4 Å². The molecule has 0 bridgehead atoms. The quantitative estimate of drug-likeness (QED) is 0.575. The van der Waals surface area contributed by atoms with Crippen molar-refractivity contribution in [1.82, 2.24) is 0 Å². The zero-order chi connectivity index (χ0) is 9.92. The monoisotopic (exact) mass is 188 g/mol. The number of hydrogen-bond donors (Lipinski definition) is 0. The molecule has 3 nitrogen and oxygen atoms in total. The maximum atomic E-state index is 11.8. The lowest BCUT2D eigenvalue weighted by Crippen LogP contribution is -2.34. The summed E-state index contributed by atoms with van der Waals surface area (Å²) in [6, 6.07) is 6.88. The Labute approximate surface area is 80.7 Å². The number of Topliss-reactive ketones (excluding diaryl/α,β-unsaturated/α-hetero) is 2. The lowest BCUT2D eigenvalue weighted by molar-refractivity contribution is 0.0874. The molecular weight excluding hydrogens is 180 g/mol. The Kier molecular flexibility index (Phi) is 1.19. The van der Waals surface area contributed by atoms with Crippen molar-refractivity contribution in [2.75, 3.05) is 0 Å². The zero-order valence-corrected chi connectivity index (χ0v) is 7.61. The second-order valence-electron chi connectivity index (χ2n) is 3.84. The fourth-order valence-corrected chi connectivity index (χ4v) is 1.99. The molecule has 3 rings (SSSR count). The van der Waals surface area contributed by atoms with Gasteiger partial charge in [0.05, 0.1) is 0 Å². The fourth-order valence-electron chi connectivity index (χ4n) is 1.99. The lowest BCUT2D eigenvalue weighted by Gasteiger charge is -2.14. The van der Waals surface area contributed by atoms with Crippen molar-refractivity contribution >= 4 is 11.6 Å². The molecule has 3 heteroatoms. The maximum Gasteiger partial charge on any atom is 0.198 e. The number of epoxide rings is 1. The van der Waals surface area contributed by atoms with Crippen LogP contribution < -0.4 is 0 Å². The average Bonchev–Trinajstić information content (AvgIpc) is 2.89. The molecular formula is C11H8O3. The summed E-state index contributed by atoms with van der Waals surface area (Å²) in [5.74, 6) is -0.139. The third-order valence-corrected chi connectivity index (χ3v) is 2.93. The predicted molar refractivity (Wildman–Crippen MR) is 48.4 cm³/mol. The molecule has 1 aromatic rings. The van der Waals surface area contributed by atoms with Gasteiger partial charge < -0.3 is 4.74 Å². The molecule has 0 N–H and O–H groups in total. The lowest BCUT2D eigenvalue weighted by atomic mass is 9.83. The highest BCUT2D eigenvalue weighted by Crippen LogP contribution is 2.45. The van der Waals surface area contributed by atoms with E-state index < -0.39 is 11.7 Å². The first-order valence-electron chi connectivity index (χ1n) is 4.50. The van der Waals surface area contributed by atoms with Crippen molar-refractivity contribution in [1.29, 1.82) is 0 Å². The third-order valence-electron chi connectivity index (χ3n) is 2.93. The summed E-state index contributed by atoms with van der Waals surface area (Å²) in [7, 11) is 0.